The van der Waals surface area contributed by atoms with Gasteiger partial charge in [0.25, 0.3) is 0 Å². The number of likely N-dealkylation sites (tertiary alicyclic amines) is 1. The number of nitrogens with zero attached hydrogens (tertiary/aromatic N) is 2. The van der Waals surface area contributed by atoms with Crippen LogP contribution in [0.2, 0.25) is 0 Å². The van der Waals surface area contributed by atoms with Crippen molar-refractivity contribution >= 4 is 17.9 Å². The third kappa shape index (κ3) is 6.12. The van der Waals surface area contributed by atoms with E-state index in [-0.39, 0.29) is 5.91 Å². The summed E-state index contributed by atoms with van der Waals surface area (Å²) < 4.78 is 0. The van der Waals surface area contributed by atoms with Crippen LogP contribution in [0.5, 0.6) is 0 Å². The fourth-order valence-corrected chi connectivity index (χ4v) is 3.93. The van der Waals surface area contributed by atoms with Crippen molar-refractivity contribution in [1.29, 1.82) is 0 Å². The molecule has 27 heavy (non-hydrogen) atoms. The number of carbonyl (C=O) groups excluding carboxylic acids is 1. The molecule has 1 aliphatic carbocycles. The highest BCUT2D eigenvalue weighted by atomic mass is 16.1. The molecule has 2 aliphatic rings. The Morgan fingerprint density at radius 2 is 1.89 bits per heavy atom. The minimum atomic E-state index is 0.150. The van der Waals surface area contributed by atoms with Crippen molar-refractivity contribution in [3.63, 3.8) is 0 Å². The molecule has 0 radical (unpaired) electrons. The lowest BCUT2D eigenvalue weighted by Gasteiger charge is -2.31. The van der Waals surface area contributed by atoms with Crippen LogP contribution >= 0.6 is 0 Å². The van der Waals surface area contributed by atoms with Crippen LogP contribution in [0.3, 0.4) is 0 Å². The Morgan fingerprint density at radius 3 is 2.56 bits per heavy atom. The van der Waals surface area contributed by atoms with Crippen LogP contribution < -0.4 is 10.6 Å². The Kier molecular flexibility index (Phi) is 7.31. The number of amides is 1. The van der Waals surface area contributed by atoms with Crippen LogP contribution in [0.15, 0.2) is 40.9 Å². The van der Waals surface area contributed by atoms with Gasteiger partial charge in [0, 0.05) is 39.1 Å². The molecule has 1 saturated heterocycles. The van der Waals surface area contributed by atoms with Gasteiger partial charge in [0.2, 0.25) is 5.91 Å². The predicted molar refractivity (Wildman–Crippen MR) is 112 cm³/mol. The Balaban J connectivity index is 1.39. The van der Waals surface area contributed by atoms with Gasteiger partial charge < -0.3 is 15.5 Å². The molecule has 1 aromatic carbocycles. The summed E-state index contributed by atoms with van der Waals surface area (Å²) in [6.45, 7) is 2.56. The number of hydrogen-bond donors (Lipinski definition) is 2. The number of aliphatic imine (C=N–C) groups is 1. The van der Waals surface area contributed by atoms with Gasteiger partial charge in [0.15, 0.2) is 5.96 Å². The van der Waals surface area contributed by atoms with Crippen LogP contribution in [-0.4, -0.2) is 49.5 Å². The van der Waals surface area contributed by atoms with Crippen molar-refractivity contribution in [1.82, 2.24) is 15.5 Å². The Morgan fingerprint density at radius 1 is 1.19 bits per heavy atom. The molecule has 0 bridgehead atoms. The average Bonchev–Trinajstić information content (AvgIpc) is 3.20. The smallest absolute Gasteiger partial charge is 0.221 e. The van der Waals surface area contributed by atoms with Crippen LogP contribution in [0.4, 0.5) is 0 Å². The molecule has 1 heterocycles. The lowest BCUT2D eigenvalue weighted by Crippen LogP contribution is -2.45. The zero-order valence-corrected chi connectivity index (χ0v) is 16.4. The van der Waals surface area contributed by atoms with Gasteiger partial charge in [0.1, 0.15) is 0 Å². The summed E-state index contributed by atoms with van der Waals surface area (Å²) in [6.07, 6.45) is 9.66. The van der Waals surface area contributed by atoms with Crippen molar-refractivity contribution in [2.45, 2.75) is 51.0 Å². The van der Waals surface area contributed by atoms with Crippen molar-refractivity contribution in [3.8, 4) is 0 Å². The monoisotopic (exact) mass is 368 g/mol. The molecule has 3 rings (SSSR count). The molecule has 1 aliphatic heterocycles. The third-order valence-corrected chi connectivity index (χ3v) is 5.44. The fraction of sp³-hybridized carbons (Fsp3) is 0.545. The van der Waals surface area contributed by atoms with Crippen molar-refractivity contribution in [2.75, 3.05) is 26.7 Å². The summed E-state index contributed by atoms with van der Waals surface area (Å²) in [5.74, 6) is 1.05. The van der Waals surface area contributed by atoms with Crippen LogP contribution in [0.25, 0.3) is 6.08 Å². The molecule has 2 N–H and O–H groups in total. The zero-order valence-electron chi connectivity index (χ0n) is 16.4. The third-order valence-electron chi connectivity index (χ3n) is 5.44. The number of carbonyl (C=O) groups is 1. The molecule has 5 heteroatoms. The maximum absolute atomic E-state index is 12.0. The molecule has 0 aromatic heterocycles. The highest BCUT2D eigenvalue weighted by Crippen LogP contribution is 2.19. The summed E-state index contributed by atoms with van der Waals surface area (Å²) in [5, 5.41) is 6.49. The van der Waals surface area contributed by atoms with Gasteiger partial charge in [-0.25, -0.2) is 0 Å². The summed E-state index contributed by atoms with van der Waals surface area (Å²) >= 11 is 0. The first-order valence-corrected chi connectivity index (χ1v) is 10.2. The SMILES string of the molecule is CN=C(NCCC(=O)NC1CCCC1)N1CCC(=Cc2ccccc2)CC1. The predicted octanol–water partition coefficient (Wildman–Crippen LogP) is 3.19. The van der Waals surface area contributed by atoms with Crippen molar-refractivity contribution in [2.24, 2.45) is 4.99 Å². The van der Waals surface area contributed by atoms with Gasteiger partial charge in [-0.2, -0.15) is 0 Å². The second-order valence-electron chi connectivity index (χ2n) is 7.47. The summed E-state index contributed by atoms with van der Waals surface area (Å²) in [5.41, 5.74) is 2.76. The molecule has 2 fully saturated rings. The van der Waals surface area contributed by atoms with Gasteiger partial charge in [0.05, 0.1) is 0 Å². The molecule has 1 aromatic rings. The number of guanidine groups is 1. The lowest BCUT2D eigenvalue weighted by molar-refractivity contribution is -0.121. The normalized spacial score (nSPS) is 18.5. The number of rotatable bonds is 5. The number of nitrogens with one attached hydrogen (secondary N) is 2. The zero-order chi connectivity index (χ0) is 18.9. The number of hydrogen-bond acceptors (Lipinski definition) is 2. The Hall–Kier alpha value is -2.30. The number of benzene rings is 1. The van der Waals surface area contributed by atoms with Crippen molar-refractivity contribution < 1.29 is 4.79 Å². The quantitative estimate of drug-likeness (QED) is 0.620. The van der Waals surface area contributed by atoms with E-state index < -0.39 is 0 Å². The Labute approximate surface area is 162 Å². The second kappa shape index (κ2) is 10.1. The molecule has 146 valence electrons. The summed E-state index contributed by atoms with van der Waals surface area (Å²) in [4.78, 5) is 18.7. The molecule has 5 nitrogen and oxygen atoms in total. The van der Waals surface area contributed by atoms with E-state index in [2.05, 4.69) is 50.9 Å². The maximum atomic E-state index is 12.0. The van der Waals surface area contributed by atoms with Crippen LogP contribution in [0.1, 0.15) is 50.5 Å². The van der Waals surface area contributed by atoms with E-state index in [1.165, 1.54) is 24.0 Å². The minimum absolute atomic E-state index is 0.150. The highest BCUT2D eigenvalue weighted by molar-refractivity contribution is 5.81. The summed E-state index contributed by atoms with van der Waals surface area (Å²) in [7, 11) is 1.82. The first-order valence-electron chi connectivity index (χ1n) is 10.2. The maximum Gasteiger partial charge on any atom is 0.221 e. The van der Waals surface area contributed by atoms with E-state index in [0.29, 0.717) is 19.0 Å². The molecular formula is C22H32N4O. The van der Waals surface area contributed by atoms with E-state index in [4.69, 9.17) is 0 Å². The van der Waals surface area contributed by atoms with Gasteiger partial charge in [-0.05, 0) is 31.2 Å². The van der Waals surface area contributed by atoms with E-state index in [1.807, 2.05) is 13.1 Å². The molecule has 0 atom stereocenters. The number of piperidine rings is 1. The molecule has 1 amide bonds. The second-order valence-corrected chi connectivity index (χ2v) is 7.47. The van der Waals surface area contributed by atoms with E-state index >= 15 is 0 Å². The highest BCUT2D eigenvalue weighted by Gasteiger charge is 2.19. The molecule has 0 unspecified atom stereocenters. The molecule has 0 spiro atoms. The fourth-order valence-electron chi connectivity index (χ4n) is 3.93. The van der Waals surface area contributed by atoms with E-state index in [1.54, 1.807) is 0 Å². The van der Waals surface area contributed by atoms with E-state index in [9.17, 15) is 4.79 Å². The topological polar surface area (TPSA) is 56.7 Å². The van der Waals surface area contributed by atoms with Crippen LogP contribution in [-0.2, 0) is 4.79 Å². The van der Waals surface area contributed by atoms with E-state index in [0.717, 1.165) is 44.7 Å². The van der Waals surface area contributed by atoms with Gasteiger partial charge in [-0.15, -0.1) is 0 Å². The summed E-state index contributed by atoms with van der Waals surface area (Å²) in [6, 6.07) is 10.9. The first-order chi connectivity index (χ1) is 13.2. The minimum Gasteiger partial charge on any atom is -0.356 e. The standard InChI is InChI=1S/C22H32N4O/c1-23-22(24-14-11-21(27)25-20-9-5-6-10-20)26-15-12-19(13-16-26)17-18-7-3-2-4-8-18/h2-4,7-8,17,20H,5-6,9-16H2,1H3,(H,23,24)(H,25,27). The van der Waals surface area contributed by atoms with Crippen LogP contribution in [0, 0.1) is 0 Å². The van der Waals surface area contributed by atoms with Gasteiger partial charge in [-0.1, -0.05) is 54.8 Å². The van der Waals surface area contributed by atoms with Gasteiger partial charge in [-0.3, -0.25) is 9.79 Å². The lowest BCUT2D eigenvalue weighted by atomic mass is 10.0. The Bertz CT molecular complexity index is 652. The first kappa shape index (κ1) is 19.5. The molecule has 1 saturated carbocycles. The average molecular weight is 369 g/mol. The van der Waals surface area contributed by atoms with Crippen molar-refractivity contribution in [3.05, 3.63) is 41.5 Å². The van der Waals surface area contributed by atoms with Gasteiger partial charge >= 0.3 is 0 Å². The largest absolute Gasteiger partial charge is 0.356 e. The molecular weight excluding hydrogens is 336 g/mol.